The van der Waals surface area contributed by atoms with E-state index in [-0.39, 0.29) is 11.8 Å². The smallest absolute Gasteiger partial charge is 0.257 e. The van der Waals surface area contributed by atoms with Gasteiger partial charge in [0.2, 0.25) is 0 Å². The molecule has 162 valence electrons. The number of carbonyl (C=O) groups excluding carboxylic acids is 2. The molecule has 3 aromatic rings. The van der Waals surface area contributed by atoms with Gasteiger partial charge in [-0.25, -0.2) is 0 Å². The van der Waals surface area contributed by atoms with Gasteiger partial charge in [0.1, 0.15) is 0 Å². The molecule has 32 heavy (non-hydrogen) atoms. The van der Waals surface area contributed by atoms with E-state index in [1.807, 2.05) is 77.1 Å². The Bertz CT molecular complexity index is 1370. The largest absolute Gasteiger partial charge is 0.355 e. The molecule has 0 aliphatic carbocycles. The monoisotopic (exact) mass is 425 g/mol. The summed E-state index contributed by atoms with van der Waals surface area (Å²) in [6.07, 6.45) is 1.58. The summed E-state index contributed by atoms with van der Waals surface area (Å²) < 4.78 is 0. The summed E-state index contributed by atoms with van der Waals surface area (Å²) in [6, 6.07) is 13.9. The van der Waals surface area contributed by atoms with Gasteiger partial charge < -0.3 is 10.3 Å². The summed E-state index contributed by atoms with van der Waals surface area (Å²) in [5.41, 5.74) is 4.75. The fourth-order valence-electron chi connectivity index (χ4n) is 5.08. The molecule has 5 heteroatoms. The summed E-state index contributed by atoms with van der Waals surface area (Å²) in [5.74, 6) is -0.449. The number of rotatable bonds is 1. The molecule has 1 aromatic heterocycles. The van der Waals surface area contributed by atoms with Crippen molar-refractivity contribution in [3.05, 3.63) is 83.1 Å². The third-order valence-electron chi connectivity index (χ3n) is 6.37. The molecule has 0 saturated heterocycles. The third-order valence-corrected chi connectivity index (χ3v) is 6.37. The Balaban J connectivity index is 1.96. The van der Waals surface area contributed by atoms with E-state index in [0.717, 1.165) is 33.2 Å². The van der Waals surface area contributed by atoms with Gasteiger partial charge in [-0.1, -0.05) is 36.4 Å². The molecule has 0 fully saturated rings. The van der Waals surface area contributed by atoms with Crippen molar-refractivity contribution in [2.75, 3.05) is 4.90 Å². The quantitative estimate of drug-likeness (QED) is 0.579. The lowest BCUT2D eigenvalue weighted by Gasteiger charge is -2.40. The van der Waals surface area contributed by atoms with Crippen molar-refractivity contribution in [1.29, 1.82) is 0 Å². The maximum Gasteiger partial charge on any atom is 0.257 e. The number of benzene rings is 2. The number of aryl methyl sites for hydroxylation is 1. The molecule has 0 saturated carbocycles. The Kier molecular flexibility index (Phi) is 4.10. The van der Waals surface area contributed by atoms with Crippen LogP contribution in [0.4, 0.5) is 5.69 Å². The molecule has 2 aromatic carbocycles. The van der Waals surface area contributed by atoms with Crippen LogP contribution in [0.2, 0.25) is 0 Å². The number of fused-ring (bicyclic) bond motifs is 7. The van der Waals surface area contributed by atoms with E-state index < -0.39 is 11.1 Å². The van der Waals surface area contributed by atoms with E-state index >= 15 is 0 Å². The van der Waals surface area contributed by atoms with Crippen molar-refractivity contribution in [1.82, 2.24) is 10.3 Å². The summed E-state index contributed by atoms with van der Waals surface area (Å²) in [7, 11) is 0. The van der Waals surface area contributed by atoms with Crippen LogP contribution in [0.5, 0.6) is 0 Å². The number of H-pyrrole nitrogens is 1. The Morgan fingerprint density at radius 1 is 1.12 bits per heavy atom. The lowest BCUT2D eigenvalue weighted by atomic mass is 9.83. The SMILES string of the molecule is C=C1c2cc(C)ccc2N2C(=O)C=C(C)C2(C(=O)NC(C)(C)C)c2[nH]c3ccccc3c21. The number of aromatic amines is 1. The fraction of sp³-hybridized carbons (Fsp3) is 0.259. The second-order valence-corrected chi connectivity index (χ2v) is 9.84. The van der Waals surface area contributed by atoms with E-state index in [1.54, 1.807) is 11.0 Å². The maximum absolute atomic E-state index is 14.2. The van der Waals surface area contributed by atoms with Crippen LogP contribution in [0.1, 0.15) is 50.1 Å². The van der Waals surface area contributed by atoms with Crippen molar-refractivity contribution in [2.24, 2.45) is 0 Å². The second kappa shape index (κ2) is 6.45. The summed E-state index contributed by atoms with van der Waals surface area (Å²) in [4.78, 5) is 32.8. The molecular formula is C27H27N3O2. The third kappa shape index (κ3) is 2.57. The van der Waals surface area contributed by atoms with Gasteiger partial charge in [0.25, 0.3) is 11.8 Å². The van der Waals surface area contributed by atoms with E-state index in [1.165, 1.54) is 0 Å². The minimum Gasteiger partial charge on any atom is -0.355 e. The topological polar surface area (TPSA) is 65.2 Å². The molecule has 0 bridgehead atoms. The zero-order chi connectivity index (χ0) is 23.0. The predicted octanol–water partition coefficient (Wildman–Crippen LogP) is 4.95. The highest BCUT2D eigenvalue weighted by molar-refractivity contribution is 6.19. The van der Waals surface area contributed by atoms with Gasteiger partial charge in [0.15, 0.2) is 5.54 Å². The number of aromatic nitrogens is 1. The number of hydrogen-bond acceptors (Lipinski definition) is 2. The zero-order valence-corrected chi connectivity index (χ0v) is 19.1. The molecule has 3 heterocycles. The van der Waals surface area contributed by atoms with Gasteiger partial charge >= 0.3 is 0 Å². The Labute approximate surface area is 187 Å². The van der Waals surface area contributed by atoms with Crippen LogP contribution in [0.25, 0.3) is 16.5 Å². The Morgan fingerprint density at radius 2 is 1.84 bits per heavy atom. The second-order valence-electron chi connectivity index (χ2n) is 9.84. The average molecular weight is 426 g/mol. The summed E-state index contributed by atoms with van der Waals surface area (Å²) in [5, 5.41) is 4.13. The lowest BCUT2D eigenvalue weighted by Crippen LogP contribution is -2.59. The van der Waals surface area contributed by atoms with E-state index in [0.29, 0.717) is 17.0 Å². The number of anilines is 1. The van der Waals surface area contributed by atoms with Crippen LogP contribution in [-0.4, -0.2) is 22.3 Å². The molecule has 0 radical (unpaired) electrons. The minimum absolute atomic E-state index is 0.212. The first kappa shape index (κ1) is 20.3. The number of amides is 2. The predicted molar refractivity (Wildman–Crippen MR) is 128 cm³/mol. The molecule has 1 atom stereocenters. The number of para-hydroxylation sites is 1. The maximum atomic E-state index is 14.2. The van der Waals surface area contributed by atoms with Crippen molar-refractivity contribution in [2.45, 2.75) is 45.7 Å². The van der Waals surface area contributed by atoms with Gasteiger partial charge in [-0.3, -0.25) is 14.5 Å². The Hall–Kier alpha value is -3.60. The summed E-state index contributed by atoms with van der Waals surface area (Å²) >= 11 is 0. The molecule has 5 nitrogen and oxygen atoms in total. The molecule has 2 aliphatic rings. The molecule has 1 unspecified atom stereocenters. The average Bonchev–Trinajstić information content (AvgIpc) is 3.18. The van der Waals surface area contributed by atoms with Crippen molar-refractivity contribution in [3.8, 4) is 0 Å². The van der Waals surface area contributed by atoms with E-state index in [4.69, 9.17) is 0 Å². The number of hydrogen-bond donors (Lipinski definition) is 2. The van der Waals surface area contributed by atoms with Crippen LogP contribution in [0, 0.1) is 6.92 Å². The van der Waals surface area contributed by atoms with Crippen molar-refractivity contribution < 1.29 is 9.59 Å². The number of carbonyl (C=O) groups is 2. The first-order valence-corrected chi connectivity index (χ1v) is 10.8. The fourth-order valence-corrected chi connectivity index (χ4v) is 5.08. The van der Waals surface area contributed by atoms with Crippen LogP contribution >= 0.6 is 0 Å². The van der Waals surface area contributed by atoms with Crippen LogP contribution in [-0.2, 0) is 15.1 Å². The Morgan fingerprint density at radius 3 is 2.56 bits per heavy atom. The molecule has 5 rings (SSSR count). The van der Waals surface area contributed by atoms with Gasteiger partial charge in [-0.2, -0.15) is 0 Å². The van der Waals surface area contributed by atoms with Crippen molar-refractivity contribution in [3.63, 3.8) is 0 Å². The van der Waals surface area contributed by atoms with Crippen LogP contribution < -0.4 is 10.2 Å². The minimum atomic E-state index is -1.33. The number of nitrogens with zero attached hydrogens (tertiary/aromatic N) is 1. The van der Waals surface area contributed by atoms with Gasteiger partial charge in [-0.15, -0.1) is 0 Å². The molecule has 2 N–H and O–H groups in total. The highest BCUT2D eigenvalue weighted by Gasteiger charge is 2.58. The molecule has 2 aliphatic heterocycles. The first-order valence-electron chi connectivity index (χ1n) is 10.8. The highest BCUT2D eigenvalue weighted by Crippen LogP contribution is 2.53. The van der Waals surface area contributed by atoms with Crippen molar-refractivity contribution >= 4 is 34.0 Å². The van der Waals surface area contributed by atoms with E-state index in [2.05, 4.69) is 16.9 Å². The van der Waals surface area contributed by atoms with Gasteiger partial charge in [-0.05, 0) is 64.0 Å². The standard InChI is InChI=1S/C27H27N3O2/c1-15-11-12-21-19(13-15)17(3)23-18-9-7-8-10-20(18)28-24(23)27(25(32)29-26(4,5)6)16(2)14-22(31)30(21)27/h7-14,28H,3H2,1-2,4-6H3,(H,29,32). The molecule has 0 spiro atoms. The van der Waals surface area contributed by atoms with Gasteiger partial charge in [0.05, 0.1) is 11.4 Å². The number of nitrogens with one attached hydrogen (secondary N) is 2. The molecular weight excluding hydrogens is 398 g/mol. The van der Waals surface area contributed by atoms with Gasteiger partial charge in [0, 0.05) is 33.6 Å². The van der Waals surface area contributed by atoms with Crippen LogP contribution in [0.3, 0.4) is 0 Å². The lowest BCUT2D eigenvalue weighted by molar-refractivity contribution is -0.128. The summed E-state index contributed by atoms with van der Waals surface area (Å²) in [6.45, 7) is 14.2. The van der Waals surface area contributed by atoms with E-state index in [9.17, 15) is 9.59 Å². The highest BCUT2D eigenvalue weighted by atomic mass is 16.2. The normalized spacial score (nSPS) is 19.9. The molecule has 2 amide bonds. The first-order chi connectivity index (χ1) is 15.1. The van der Waals surface area contributed by atoms with Crippen LogP contribution in [0.15, 0.2) is 60.7 Å². The zero-order valence-electron chi connectivity index (χ0n) is 19.1.